The molecule has 0 radical (unpaired) electrons. The van der Waals surface area contributed by atoms with Gasteiger partial charge in [-0.25, -0.2) is 9.78 Å². The Morgan fingerprint density at radius 1 is 1.06 bits per heavy atom. The van der Waals surface area contributed by atoms with Crippen molar-refractivity contribution in [1.82, 2.24) is 9.97 Å². The van der Waals surface area contributed by atoms with Crippen LogP contribution in [0.2, 0.25) is 0 Å². The molecule has 32 heavy (non-hydrogen) atoms. The number of carboxylic acids is 1. The second kappa shape index (κ2) is 7.69. The number of pyridine rings is 2. The largest absolute Gasteiger partial charge is 0.489 e. The van der Waals surface area contributed by atoms with E-state index in [1.807, 2.05) is 0 Å². The molecule has 0 unspecified atom stereocenters. The number of rotatable bonds is 5. The van der Waals surface area contributed by atoms with Gasteiger partial charge in [0.25, 0.3) is 5.91 Å². The molecule has 1 amide bonds. The topological polar surface area (TPSA) is 123 Å². The number of furan rings is 1. The molecule has 3 heterocycles. The number of carboxylic acid groups (broad SMARTS) is 1. The van der Waals surface area contributed by atoms with E-state index in [2.05, 4.69) is 9.97 Å². The summed E-state index contributed by atoms with van der Waals surface area (Å²) in [5, 5.41) is 9.80. The number of primary amides is 1. The van der Waals surface area contributed by atoms with E-state index in [-0.39, 0.29) is 38.4 Å². The number of aromatic carboxylic acids is 1. The van der Waals surface area contributed by atoms with Gasteiger partial charge in [-0.05, 0) is 24.3 Å². The van der Waals surface area contributed by atoms with E-state index in [1.165, 1.54) is 55.1 Å². The number of para-hydroxylation sites is 1. The SMILES string of the molecule is NC(=O)c1occc1-c1cncc2cc(N(c3ccccc3)C(F)(F)F)c(C(=O)O)nc12. The number of amides is 1. The van der Waals surface area contributed by atoms with Gasteiger partial charge in [0.2, 0.25) is 0 Å². The first-order valence-electron chi connectivity index (χ1n) is 9.00. The third-order valence-electron chi connectivity index (χ3n) is 4.59. The summed E-state index contributed by atoms with van der Waals surface area (Å²) in [6.07, 6.45) is -1.22. The highest BCUT2D eigenvalue weighted by Gasteiger charge is 2.41. The third-order valence-corrected chi connectivity index (χ3v) is 4.59. The Morgan fingerprint density at radius 3 is 2.41 bits per heavy atom. The molecule has 4 rings (SSSR count). The van der Waals surface area contributed by atoms with Crippen LogP contribution >= 0.6 is 0 Å². The Morgan fingerprint density at radius 2 is 1.78 bits per heavy atom. The van der Waals surface area contributed by atoms with Gasteiger partial charge in [-0.3, -0.25) is 14.7 Å². The van der Waals surface area contributed by atoms with Gasteiger partial charge in [0, 0.05) is 34.6 Å². The number of carbonyl (C=O) groups is 2. The molecular weight excluding hydrogens is 429 g/mol. The average molecular weight is 442 g/mol. The lowest BCUT2D eigenvalue weighted by molar-refractivity contribution is -0.120. The van der Waals surface area contributed by atoms with Crippen LogP contribution < -0.4 is 10.6 Å². The molecule has 3 N–H and O–H groups in total. The van der Waals surface area contributed by atoms with Crippen LogP contribution in [0.5, 0.6) is 0 Å². The second-order valence-corrected chi connectivity index (χ2v) is 6.59. The highest BCUT2D eigenvalue weighted by atomic mass is 19.4. The van der Waals surface area contributed by atoms with Crippen molar-refractivity contribution in [1.29, 1.82) is 0 Å². The second-order valence-electron chi connectivity index (χ2n) is 6.59. The third kappa shape index (κ3) is 3.60. The number of fused-ring (bicyclic) bond motifs is 1. The van der Waals surface area contributed by atoms with Crippen LogP contribution in [0.1, 0.15) is 21.0 Å². The number of alkyl halides is 3. The number of halogens is 3. The van der Waals surface area contributed by atoms with E-state index in [4.69, 9.17) is 10.2 Å². The van der Waals surface area contributed by atoms with Crippen molar-refractivity contribution < 1.29 is 32.3 Å². The fourth-order valence-electron chi connectivity index (χ4n) is 3.32. The van der Waals surface area contributed by atoms with Crippen LogP contribution in [0.15, 0.2) is 65.5 Å². The lowest BCUT2D eigenvalue weighted by Crippen LogP contribution is -2.35. The predicted molar refractivity (Wildman–Crippen MR) is 107 cm³/mol. The van der Waals surface area contributed by atoms with Crippen molar-refractivity contribution in [3.8, 4) is 11.1 Å². The molecule has 11 heteroatoms. The van der Waals surface area contributed by atoms with Gasteiger partial charge in [-0.2, -0.15) is 0 Å². The zero-order valence-corrected chi connectivity index (χ0v) is 16.0. The van der Waals surface area contributed by atoms with Crippen LogP contribution in [0.4, 0.5) is 24.5 Å². The van der Waals surface area contributed by atoms with E-state index in [0.29, 0.717) is 0 Å². The van der Waals surface area contributed by atoms with E-state index >= 15 is 0 Å². The highest BCUT2D eigenvalue weighted by molar-refractivity contribution is 6.05. The van der Waals surface area contributed by atoms with E-state index in [0.717, 1.165) is 6.07 Å². The zero-order valence-electron chi connectivity index (χ0n) is 16.0. The van der Waals surface area contributed by atoms with E-state index in [1.54, 1.807) is 0 Å². The Bertz CT molecular complexity index is 1340. The van der Waals surface area contributed by atoms with Crippen molar-refractivity contribution in [2.45, 2.75) is 6.30 Å². The van der Waals surface area contributed by atoms with Crippen molar-refractivity contribution >= 4 is 34.2 Å². The summed E-state index contributed by atoms with van der Waals surface area (Å²) in [5.74, 6) is -2.77. The summed E-state index contributed by atoms with van der Waals surface area (Å²) >= 11 is 0. The van der Waals surface area contributed by atoms with Crippen LogP contribution in [0.25, 0.3) is 22.0 Å². The number of hydrogen-bond acceptors (Lipinski definition) is 6. The van der Waals surface area contributed by atoms with Gasteiger partial charge in [0.05, 0.1) is 17.5 Å². The molecule has 0 spiro atoms. The Labute approximate surface area is 177 Å². The van der Waals surface area contributed by atoms with Crippen LogP contribution in [0.3, 0.4) is 0 Å². The molecule has 4 aromatic rings. The monoisotopic (exact) mass is 442 g/mol. The molecule has 3 aromatic heterocycles. The van der Waals surface area contributed by atoms with Gasteiger partial charge < -0.3 is 15.3 Å². The van der Waals surface area contributed by atoms with Gasteiger partial charge in [-0.1, -0.05) is 18.2 Å². The summed E-state index contributed by atoms with van der Waals surface area (Å²) in [5.41, 5.74) is 3.85. The highest BCUT2D eigenvalue weighted by Crippen LogP contribution is 2.40. The van der Waals surface area contributed by atoms with Crippen LogP contribution in [0, 0.1) is 0 Å². The fraction of sp³-hybridized carbons (Fsp3) is 0.0476. The van der Waals surface area contributed by atoms with Crippen molar-refractivity contribution in [3.63, 3.8) is 0 Å². The van der Waals surface area contributed by atoms with Gasteiger partial charge >= 0.3 is 12.3 Å². The molecule has 0 aliphatic rings. The molecule has 8 nitrogen and oxygen atoms in total. The maximum atomic E-state index is 14.0. The minimum Gasteiger partial charge on any atom is -0.476 e. The van der Waals surface area contributed by atoms with Gasteiger partial charge in [0.15, 0.2) is 11.5 Å². The van der Waals surface area contributed by atoms with E-state index < -0.39 is 29.6 Å². The molecule has 0 aliphatic heterocycles. The Hall–Kier alpha value is -4.41. The molecule has 0 bridgehead atoms. The average Bonchev–Trinajstić information content (AvgIpc) is 3.22. The van der Waals surface area contributed by atoms with Crippen LogP contribution in [-0.4, -0.2) is 33.3 Å². The molecule has 0 aliphatic carbocycles. The molecular formula is C21H13F3N4O4. The fourth-order valence-corrected chi connectivity index (χ4v) is 3.32. The first-order valence-corrected chi connectivity index (χ1v) is 9.00. The van der Waals surface area contributed by atoms with Crippen LogP contribution in [-0.2, 0) is 0 Å². The molecule has 1 aromatic carbocycles. The normalized spacial score (nSPS) is 11.5. The molecule has 162 valence electrons. The standard InChI is InChI=1S/C21H13F3N4O4/c22-21(23,24)28(12-4-2-1-3-5-12)15-8-11-9-26-10-14(16(11)27-17(15)20(30)31)13-6-7-32-18(13)19(25)29/h1-10H,(H2,25,29)(H,30,31). The zero-order chi connectivity index (χ0) is 23.0. The maximum absolute atomic E-state index is 14.0. The van der Waals surface area contributed by atoms with Gasteiger partial charge in [-0.15, -0.1) is 13.2 Å². The van der Waals surface area contributed by atoms with Crippen molar-refractivity contribution in [2.24, 2.45) is 5.73 Å². The number of aromatic nitrogens is 2. The predicted octanol–water partition coefficient (Wildman–Crippen LogP) is 4.34. The number of hydrogen-bond donors (Lipinski definition) is 2. The lowest BCUT2D eigenvalue weighted by atomic mass is 10.0. The number of nitrogens with zero attached hydrogens (tertiary/aromatic N) is 3. The first kappa shape index (κ1) is 20.8. The summed E-state index contributed by atoms with van der Waals surface area (Å²) in [6, 6.07) is 9.16. The van der Waals surface area contributed by atoms with Crippen molar-refractivity contribution in [3.05, 3.63) is 72.6 Å². The number of carbonyl (C=O) groups excluding carboxylic acids is 1. The quantitative estimate of drug-likeness (QED) is 0.441. The molecule has 0 atom stereocenters. The lowest BCUT2D eigenvalue weighted by Gasteiger charge is -2.28. The van der Waals surface area contributed by atoms with E-state index in [9.17, 15) is 27.9 Å². The Balaban J connectivity index is 2.02. The Kier molecular flexibility index (Phi) is 5.01. The summed E-state index contributed by atoms with van der Waals surface area (Å²) in [4.78, 5) is 31.5. The first-order chi connectivity index (χ1) is 15.2. The molecule has 0 fully saturated rings. The van der Waals surface area contributed by atoms with Gasteiger partial charge in [0.1, 0.15) is 0 Å². The molecule has 0 saturated carbocycles. The number of benzene rings is 1. The summed E-state index contributed by atoms with van der Waals surface area (Å²) in [7, 11) is 0. The molecule has 0 saturated heterocycles. The van der Waals surface area contributed by atoms with Crippen molar-refractivity contribution in [2.75, 3.05) is 4.90 Å². The minimum absolute atomic E-state index is 0.0141. The maximum Gasteiger partial charge on any atom is 0.489 e. The number of nitrogens with two attached hydrogens (primary N) is 1. The summed E-state index contributed by atoms with van der Waals surface area (Å²) < 4.78 is 47.1. The number of anilines is 2. The summed E-state index contributed by atoms with van der Waals surface area (Å²) in [6.45, 7) is 0. The minimum atomic E-state index is -4.95. The smallest absolute Gasteiger partial charge is 0.476 e.